The molecule has 224 valence electrons. The van der Waals surface area contributed by atoms with Crippen molar-refractivity contribution in [3.8, 4) is 0 Å². The number of hydrogen-bond donors (Lipinski definition) is 1. The van der Waals surface area contributed by atoms with Crippen LogP contribution in [-0.2, 0) is 34.8 Å². The molecule has 2 heterocycles. The van der Waals surface area contributed by atoms with Gasteiger partial charge in [0.05, 0.1) is 56.9 Å². The van der Waals surface area contributed by atoms with Gasteiger partial charge in [0.15, 0.2) is 0 Å². The fraction of sp³-hybridized carbons (Fsp3) is 0.862. The summed E-state index contributed by atoms with van der Waals surface area (Å²) in [6, 6.07) is 0. The van der Waals surface area contributed by atoms with Crippen molar-refractivity contribution in [2.24, 2.45) is 17.3 Å². The zero-order valence-electron chi connectivity index (χ0n) is 25.3. The number of nitrogens with zero attached hydrogens (tertiary/aromatic N) is 2. The lowest BCUT2D eigenvalue weighted by molar-refractivity contribution is -0.201. The number of hydrogen-bond acceptors (Lipinski definition) is 8. The third-order valence-corrected chi connectivity index (χ3v) is 9.97. The maximum atomic E-state index is 11.0. The summed E-state index contributed by atoms with van der Waals surface area (Å²) in [5.41, 5.74) is 1.63. The Bertz CT molecular complexity index is 1010. The van der Waals surface area contributed by atoms with E-state index in [0.717, 1.165) is 36.0 Å². The van der Waals surface area contributed by atoms with Crippen LogP contribution in [0.1, 0.15) is 71.9 Å². The Morgan fingerprint density at radius 1 is 1.02 bits per heavy atom. The molecule has 0 spiro atoms. The SMILES string of the molecule is COC(=O)NCCOCCOCCOC12CC3CC(CC(Cn4ncc(B5OC(C)(C)C(C)(C)O5)c4C)(C3)C1)C2. The summed E-state index contributed by atoms with van der Waals surface area (Å²) >= 11 is 0. The first-order chi connectivity index (χ1) is 19.0. The van der Waals surface area contributed by atoms with E-state index in [-0.39, 0.29) is 29.3 Å². The highest BCUT2D eigenvalue weighted by Gasteiger charge is 2.59. The minimum atomic E-state index is -0.450. The second-order valence-electron chi connectivity index (χ2n) is 13.6. The molecule has 4 aliphatic carbocycles. The highest BCUT2D eigenvalue weighted by atomic mass is 16.7. The van der Waals surface area contributed by atoms with E-state index in [1.807, 2.05) is 6.20 Å². The molecule has 5 fully saturated rings. The van der Waals surface area contributed by atoms with E-state index in [1.54, 1.807) is 0 Å². The molecule has 11 heteroatoms. The molecule has 10 nitrogen and oxygen atoms in total. The number of alkyl carbamates (subject to hydrolysis) is 1. The maximum Gasteiger partial charge on any atom is 0.498 e. The summed E-state index contributed by atoms with van der Waals surface area (Å²) in [5, 5.41) is 7.43. The van der Waals surface area contributed by atoms with Crippen LogP contribution in [0.2, 0.25) is 0 Å². The van der Waals surface area contributed by atoms with Crippen molar-refractivity contribution >= 4 is 18.7 Å². The average molecular weight is 562 g/mol. The Morgan fingerprint density at radius 2 is 1.65 bits per heavy atom. The third kappa shape index (κ3) is 6.23. The lowest BCUT2D eigenvalue weighted by Crippen LogP contribution is -2.58. The molecule has 2 atom stereocenters. The number of rotatable bonds is 13. The predicted octanol–water partition coefficient (Wildman–Crippen LogP) is 3.24. The molecule has 40 heavy (non-hydrogen) atoms. The monoisotopic (exact) mass is 561 g/mol. The topological polar surface area (TPSA) is 102 Å². The second kappa shape index (κ2) is 11.6. The Kier molecular flexibility index (Phi) is 8.61. The van der Waals surface area contributed by atoms with Crippen molar-refractivity contribution in [2.45, 2.75) is 96.5 Å². The van der Waals surface area contributed by atoms with Crippen LogP contribution in [0.4, 0.5) is 4.79 Å². The molecule has 1 aromatic rings. The Hall–Kier alpha value is -1.66. The minimum absolute atomic E-state index is 0.0426. The van der Waals surface area contributed by atoms with Gasteiger partial charge in [0.2, 0.25) is 0 Å². The zero-order valence-corrected chi connectivity index (χ0v) is 25.3. The van der Waals surface area contributed by atoms with Crippen LogP contribution in [0.25, 0.3) is 0 Å². The fourth-order valence-corrected chi connectivity index (χ4v) is 7.79. The van der Waals surface area contributed by atoms with E-state index in [2.05, 4.69) is 49.4 Å². The van der Waals surface area contributed by atoms with E-state index in [4.69, 9.17) is 28.6 Å². The first-order valence-corrected chi connectivity index (χ1v) is 14.9. The van der Waals surface area contributed by atoms with Crippen molar-refractivity contribution in [3.63, 3.8) is 0 Å². The molecule has 2 unspecified atom stereocenters. The summed E-state index contributed by atoms with van der Waals surface area (Å²) in [6.07, 6.45) is 8.78. The molecular formula is C29H48BN3O7. The molecule has 4 bridgehead atoms. The molecule has 6 rings (SSSR count). The van der Waals surface area contributed by atoms with Gasteiger partial charge in [0, 0.05) is 30.4 Å². The molecule has 1 aliphatic heterocycles. The molecule has 0 aromatic carbocycles. The summed E-state index contributed by atoms with van der Waals surface area (Å²) in [5.74, 6) is 1.46. The zero-order chi connectivity index (χ0) is 28.6. The molecule has 0 radical (unpaired) electrons. The quantitative estimate of drug-likeness (QED) is 0.289. The normalized spacial score (nSPS) is 31.6. The van der Waals surface area contributed by atoms with Crippen molar-refractivity contribution in [3.05, 3.63) is 11.9 Å². The van der Waals surface area contributed by atoms with Gasteiger partial charge in [0.25, 0.3) is 0 Å². The van der Waals surface area contributed by atoms with E-state index in [1.165, 1.54) is 39.2 Å². The van der Waals surface area contributed by atoms with Gasteiger partial charge in [-0.1, -0.05) is 0 Å². The molecule has 1 saturated heterocycles. The minimum Gasteiger partial charge on any atom is -0.453 e. The highest BCUT2D eigenvalue weighted by molar-refractivity contribution is 6.62. The first kappa shape index (κ1) is 29.8. The van der Waals surface area contributed by atoms with E-state index in [0.29, 0.717) is 39.6 Å². The Morgan fingerprint density at radius 3 is 2.30 bits per heavy atom. The van der Waals surface area contributed by atoms with Gasteiger partial charge in [-0.05, 0) is 90.4 Å². The average Bonchev–Trinajstić information content (AvgIpc) is 3.32. The number of methoxy groups -OCH3 is 1. The highest BCUT2D eigenvalue weighted by Crippen LogP contribution is 2.63. The van der Waals surface area contributed by atoms with Gasteiger partial charge in [-0.15, -0.1) is 0 Å². The lowest BCUT2D eigenvalue weighted by atomic mass is 9.48. The molecule has 5 aliphatic rings. The number of amides is 1. The first-order valence-electron chi connectivity index (χ1n) is 14.9. The number of aromatic nitrogens is 2. The van der Waals surface area contributed by atoms with Gasteiger partial charge >= 0.3 is 13.2 Å². The van der Waals surface area contributed by atoms with Gasteiger partial charge in [-0.2, -0.15) is 5.10 Å². The van der Waals surface area contributed by atoms with Gasteiger partial charge in [-0.3, -0.25) is 4.68 Å². The number of carbonyl (C=O) groups excluding carboxylic acids is 1. The Balaban J connectivity index is 1.11. The maximum absolute atomic E-state index is 11.0. The van der Waals surface area contributed by atoms with Crippen LogP contribution in [-0.4, -0.2) is 86.5 Å². The van der Waals surface area contributed by atoms with Crippen LogP contribution >= 0.6 is 0 Å². The van der Waals surface area contributed by atoms with E-state index < -0.39 is 6.09 Å². The van der Waals surface area contributed by atoms with Crippen molar-refractivity contribution in [1.82, 2.24) is 15.1 Å². The van der Waals surface area contributed by atoms with Gasteiger partial charge < -0.3 is 33.6 Å². The molecule has 1 N–H and O–H groups in total. The number of carbonyl (C=O) groups is 1. The number of ether oxygens (including phenoxy) is 4. The van der Waals surface area contributed by atoms with Gasteiger partial charge in [0.1, 0.15) is 0 Å². The van der Waals surface area contributed by atoms with E-state index >= 15 is 0 Å². The van der Waals surface area contributed by atoms with Gasteiger partial charge in [-0.25, -0.2) is 4.79 Å². The lowest BCUT2D eigenvalue weighted by Gasteiger charge is -2.61. The van der Waals surface area contributed by atoms with Crippen LogP contribution in [0.5, 0.6) is 0 Å². The Labute approximate surface area is 239 Å². The van der Waals surface area contributed by atoms with Crippen molar-refractivity contribution in [2.75, 3.05) is 46.7 Å². The van der Waals surface area contributed by atoms with Crippen molar-refractivity contribution < 1.29 is 33.1 Å². The summed E-state index contributed by atoms with van der Waals surface area (Å²) in [4.78, 5) is 11.0. The summed E-state index contributed by atoms with van der Waals surface area (Å²) in [6.45, 7) is 14.4. The fourth-order valence-electron chi connectivity index (χ4n) is 7.79. The molecule has 4 saturated carbocycles. The number of nitrogens with one attached hydrogen (secondary N) is 1. The third-order valence-electron chi connectivity index (χ3n) is 9.97. The van der Waals surface area contributed by atoms with Crippen LogP contribution < -0.4 is 10.8 Å². The summed E-state index contributed by atoms with van der Waals surface area (Å²) in [7, 11) is 0.959. The molecular weight excluding hydrogens is 513 g/mol. The van der Waals surface area contributed by atoms with E-state index in [9.17, 15) is 4.79 Å². The molecule has 1 aromatic heterocycles. The van der Waals surface area contributed by atoms with Crippen LogP contribution in [0.15, 0.2) is 6.20 Å². The smallest absolute Gasteiger partial charge is 0.453 e. The van der Waals surface area contributed by atoms with Crippen LogP contribution in [0, 0.1) is 24.2 Å². The second-order valence-corrected chi connectivity index (χ2v) is 13.6. The van der Waals surface area contributed by atoms with Crippen LogP contribution in [0.3, 0.4) is 0 Å². The molecule has 1 amide bonds. The predicted molar refractivity (Wildman–Crippen MR) is 151 cm³/mol. The largest absolute Gasteiger partial charge is 0.498 e. The summed E-state index contributed by atoms with van der Waals surface area (Å²) < 4.78 is 37.3. The van der Waals surface area contributed by atoms with Crippen molar-refractivity contribution in [1.29, 1.82) is 0 Å². The standard InChI is InChI=1S/C29H48BN3O7/c1-21-24(30-39-26(2,3)27(4,5)40-30)18-32-33(21)20-28-14-22-13-23(15-28)17-29(16-22,19-28)38-12-11-37-10-9-36-8-7-31-25(34)35-6/h18,22-23H,7-17,19-20H2,1-6H3,(H,31,34).